The number of hydrogen-bond donors (Lipinski definition) is 5. The summed E-state index contributed by atoms with van der Waals surface area (Å²) in [6.45, 7) is 0.617. The van der Waals surface area contributed by atoms with Crippen LogP contribution >= 0.6 is 21.6 Å². The first-order valence-corrected chi connectivity index (χ1v) is 21.3. The predicted molar refractivity (Wildman–Crippen MR) is 216 cm³/mol. The van der Waals surface area contributed by atoms with E-state index in [1.807, 2.05) is 37.4 Å². The zero-order valence-corrected chi connectivity index (χ0v) is 33.4. The summed E-state index contributed by atoms with van der Waals surface area (Å²) in [5.41, 5.74) is 1.59. The van der Waals surface area contributed by atoms with Gasteiger partial charge in [-0.1, -0.05) is 46.1 Å². The number of hydrogen-bond acceptors (Lipinski definition) is 11. The van der Waals surface area contributed by atoms with Crippen LogP contribution in [0, 0.1) is 35.2 Å². The topological polar surface area (TPSA) is 143 Å². The fourth-order valence-electron chi connectivity index (χ4n) is 8.81. The van der Waals surface area contributed by atoms with Gasteiger partial charge in [-0.25, -0.2) is 0 Å². The number of carbonyl (C=O) groups excluding carboxylic acids is 1. The second-order valence-electron chi connectivity index (χ2n) is 14.9. The highest BCUT2D eigenvalue weighted by Gasteiger charge is 2.49. The van der Waals surface area contributed by atoms with Crippen molar-refractivity contribution in [2.45, 2.75) is 76.1 Å². The summed E-state index contributed by atoms with van der Waals surface area (Å²) in [4.78, 5) is 18.9. The van der Waals surface area contributed by atoms with Crippen molar-refractivity contribution in [3.63, 3.8) is 0 Å². The first-order valence-electron chi connectivity index (χ1n) is 18.9. The Balaban J connectivity index is 1.32. The van der Waals surface area contributed by atoms with E-state index in [1.54, 1.807) is 47.9 Å². The highest BCUT2D eigenvalue weighted by molar-refractivity contribution is 8.76. The van der Waals surface area contributed by atoms with Gasteiger partial charge < -0.3 is 45.1 Å². The molecule has 6 rings (SSSR count). The molecule has 2 aliphatic heterocycles. The monoisotopic (exact) mass is 778 g/mol. The molecule has 0 unspecified atom stereocenters. The molecule has 0 amide bonds. The molecule has 11 nitrogen and oxygen atoms in total. The summed E-state index contributed by atoms with van der Waals surface area (Å²) in [6.07, 6.45) is 13.3. The van der Waals surface area contributed by atoms with Crippen molar-refractivity contribution in [2.75, 3.05) is 51.8 Å². The zero-order valence-electron chi connectivity index (χ0n) is 31.7. The standard InChI is InChI=1S/C41H54N4O7S2/c1-42-25-40-22-29(30(23-40)20-37(48)50-4)10-8-16-51-38-32-17-27(18-35(38)52-40)9-5-6-12-36(47)41(21-28-13-14-33(46)34(19-28)49-3)15-7-11-31(41)24-53-54-26-44-39(43-2)45-32/h6,12-14,17-19,29-31,37,42,46,48H,5,7,9-11,15,20-26H2,1-4H3,(H2,43,44,45)/b12-6+/t29-,30+,31-,37-,40+,41+/m1/s1. The lowest BCUT2D eigenvalue weighted by atomic mass is 9.70. The third-order valence-corrected chi connectivity index (χ3v) is 13.7. The number of rotatable bonds is 8. The van der Waals surface area contributed by atoms with E-state index in [1.165, 1.54) is 7.11 Å². The van der Waals surface area contributed by atoms with Gasteiger partial charge in [-0.3, -0.25) is 9.79 Å². The van der Waals surface area contributed by atoms with Gasteiger partial charge in [-0.2, -0.15) is 0 Å². The number of benzene rings is 2. The Morgan fingerprint density at radius 2 is 2.07 bits per heavy atom. The molecule has 2 aliphatic carbocycles. The number of aliphatic hydroxyl groups is 1. The molecule has 0 radical (unpaired) electrons. The first-order chi connectivity index (χ1) is 26.2. The molecule has 2 heterocycles. The summed E-state index contributed by atoms with van der Waals surface area (Å²) in [5, 5.41) is 30.9. The molecule has 5 N–H and O–H groups in total. The Hall–Kier alpha value is -3.54. The van der Waals surface area contributed by atoms with Gasteiger partial charge in [0.05, 0.1) is 18.7 Å². The van der Waals surface area contributed by atoms with Gasteiger partial charge in [0, 0.05) is 44.7 Å². The van der Waals surface area contributed by atoms with Crippen LogP contribution in [0.5, 0.6) is 23.0 Å². The van der Waals surface area contributed by atoms with E-state index >= 15 is 0 Å². The molecule has 2 fully saturated rings. The first kappa shape index (κ1) is 40.1. The maximum Gasteiger partial charge on any atom is 0.205 e. The fourth-order valence-corrected chi connectivity index (χ4v) is 11.0. The van der Waals surface area contributed by atoms with Crippen LogP contribution in [0.15, 0.2) is 47.5 Å². The van der Waals surface area contributed by atoms with Crippen LogP contribution in [0.4, 0.5) is 5.69 Å². The quantitative estimate of drug-likeness (QED) is 0.117. The van der Waals surface area contributed by atoms with Gasteiger partial charge in [0.25, 0.3) is 0 Å². The highest BCUT2D eigenvalue weighted by atomic mass is 33.1. The molecule has 0 spiro atoms. The van der Waals surface area contributed by atoms with Crippen molar-refractivity contribution < 1.29 is 34.0 Å². The third kappa shape index (κ3) is 9.28. The molecule has 2 aromatic rings. The predicted octanol–water partition coefficient (Wildman–Crippen LogP) is 6.29. The number of fused-ring (bicyclic) bond motifs is 7. The average molecular weight is 779 g/mol. The molecule has 4 aliphatic rings. The number of methoxy groups -OCH3 is 2. The number of anilines is 1. The van der Waals surface area contributed by atoms with Crippen LogP contribution in [-0.4, -0.2) is 80.3 Å². The van der Waals surface area contributed by atoms with Gasteiger partial charge >= 0.3 is 0 Å². The van der Waals surface area contributed by atoms with Crippen LogP contribution in [0.25, 0.3) is 0 Å². The number of phenolic OH excluding ortho intramolecular Hbond substituents is 1. The van der Waals surface area contributed by atoms with Gasteiger partial charge in [0.2, 0.25) is 5.75 Å². The van der Waals surface area contributed by atoms with Crippen LogP contribution in [0.2, 0.25) is 0 Å². The smallest absolute Gasteiger partial charge is 0.205 e. The molecule has 2 aromatic carbocycles. The van der Waals surface area contributed by atoms with Crippen molar-refractivity contribution in [1.82, 2.24) is 10.6 Å². The number of aromatic hydroxyl groups is 1. The van der Waals surface area contributed by atoms with Gasteiger partial charge in [0.1, 0.15) is 11.7 Å². The van der Waals surface area contributed by atoms with E-state index in [4.69, 9.17) is 18.9 Å². The maximum atomic E-state index is 14.4. The summed E-state index contributed by atoms with van der Waals surface area (Å²) >= 11 is 0. The minimum atomic E-state index is -0.849. The lowest BCUT2D eigenvalue weighted by Gasteiger charge is -2.33. The summed E-state index contributed by atoms with van der Waals surface area (Å²) in [5.74, 6) is 7.60. The number of ether oxygens (including phenoxy) is 4. The van der Waals surface area contributed by atoms with Crippen molar-refractivity contribution in [1.29, 1.82) is 0 Å². The number of aryl methyl sites for hydroxylation is 1. The van der Waals surface area contributed by atoms with Crippen LogP contribution < -0.4 is 30.2 Å². The summed E-state index contributed by atoms with van der Waals surface area (Å²) in [6, 6.07) is 9.50. The van der Waals surface area contributed by atoms with E-state index in [2.05, 4.69) is 33.0 Å². The Bertz CT molecular complexity index is 1760. The van der Waals surface area contributed by atoms with E-state index in [0.29, 0.717) is 73.4 Å². The largest absolute Gasteiger partial charge is 0.504 e. The van der Waals surface area contributed by atoms with Gasteiger partial charge in [-0.15, -0.1) is 0 Å². The number of guanidine groups is 1. The van der Waals surface area contributed by atoms with Crippen molar-refractivity contribution in [2.24, 2.45) is 28.2 Å². The molecule has 54 heavy (non-hydrogen) atoms. The van der Waals surface area contributed by atoms with Crippen LogP contribution in [0.1, 0.15) is 62.5 Å². The van der Waals surface area contributed by atoms with Gasteiger partial charge in [-0.05, 0) is 111 Å². The summed E-state index contributed by atoms with van der Waals surface area (Å²) in [7, 11) is 10.2. The third-order valence-electron chi connectivity index (χ3n) is 11.4. The lowest BCUT2D eigenvalue weighted by Crippen LogP contribution is -2.43. The number of allylic oxidation sites excluding steroid dienone is 2. The van der Waals surface area contributed by atoms with E-state index in [0.717, 1.165) is 49.0 Å². The van der Waals surface area contributed by atoms with E-state index in [9.17, 15) is 15.0 Å². The Kier molecular flexibility index (Phi) is 13.7. The molecule has 4 bridgehead atoms. The number of likely N-dealkylation sites (N-methyl/N-ethyl adjacent to an activating group) is 1. The number of nitrogens with one attached hydrogen (secondary N) is 3. The maximum absolute atomic E-state index is 14.4. The fraction of sp³-hybridized carbons (Fsp3) is 0.561. The lowest BCUT2D eigenvalue weighted by molar-refractivity contribution is -0.125. The molecule has 0 aromatic heterocycles. The Morgan fingerprint density at radius 3 is 2.87 bits per heavy atom. The van der Waals surface area contributed by atoms with Crippen LogP contribution in [-0.2, 0) is 22.4 Å². The number of aliphatic imine (C=N–C) groups is 1. The SMILES string of the molecule is CN=C1NCSSC[C@H]2CCC[C@@]2(Cc2ccc(O)c(OC)c2)C(=O)/C=C/CCc2cc(c3c(c2)O[C@@]2(CNC)C[C@@H](CC#CO3)[C@@H](C[C@H](O)OC)C2)N1. The number of phenols is 1. The van der Waals surface area contributed by atoms with Crippen molar-refractivity contribution >= 4 is 39.0 Å². The molecule has 2 saturated carbocycles. The molecular formula is C41H54N4O7S2. The number of ketones is 1. The molecule has 13 heteroatoms. The highest BCUT2D eigenvalue weighted by Crippen LogP contribution is 2.51. The molecule has 292 valence electrons. The van der Waals surface area contributed by atoms with E-state index < -0.39 is 17.3 Å². The Morgan fingerprint density at radius 1 is 1.20 bits per heavy atom. The van der Waals surface area contributed by atoms with Gasteiger partial charge in [0.15, 0.2) is 35.3 Å². The minimum Gasteiger partial charge on any atom is -0.504 e. The zero-order chi connectivity index (χ0) is 38.1. The molecule has 0 saturated heterocycles. The van der Waals surface area contributed by atoms with Crippen LogP contribution in [0.3, 0.4) is 0 Å². The van der Waals surface area contributed by atoms with E-state index in [-0.39, 0.29) is 29.3 Å². The van der Waals surface area contributed by atoms with Crippen molar-refractivity contribution in [3.05, 3.63) is 53.6 Å². The average Bonchev–Trinajstić information content (AvgIpc) is 3.72. The molecular weight excluding hydrogens is 725 g/mol. The number of nitrogens with zero attached hydrogens (tertiary/aromatic N) is 1. The number of carbonyl (C=O) groups is 1. The molecule has 6 atom stereocenters. The second kappa shape index (κ2) is 18.4. The Labute approximate surface area is 327 Å². The minimum absolute atomic E-state index is 0.0917. The normalized spacial score (nSPS) is 29.1. The van der Waals surface area contributed by atoms with Crippen molar-refractivity contribution in [3.8, 4) is 35.0 Å². The number of aliphatic hydroxyl groups excluding tert-OH is 1. The second-order valence-corrected chi connectivity index (χ2v) is 17.4. The summed E-state index contributed by atoms with van der Waals surface area (Å²) < 4.78 is 23.9.